The molecule has 0 saturated heterocycles. The maximum Gasteiger partial charge on any atom is 0.257 e. The Morgan fingerprint density at radius 2 is 1.87 bits per heavy atom. The van der Waals surface area contributed by atoms with Crippen molar-refractivity contribution in [1.29, 1.82) is 0 Å². The fourth-order valence-electron chi connectivity index (χ4n) is 4.54. The molecule has 1 aliphatic rings. The Hall–Kier alpha value is -3.79. The van der Waals surface area contributed by atoms with Gasteiger partial charge in [-0.05, 0) is 61.2 Å². The third kappa shape index (κ3) is 6.55. The zero-order chi connectivity index (χ0) is 27.2. The van der Waals surface area contributed by atoms with E-state index < -0.39 is 0 Å². The topological polar surface area (TPSA) is 94.8 Å². The second-order valence-corrected chi connectivity index (χ2v) is 9.71. The molecule has 0 radical (unpaired) electrons. The Labute approximate surface area is 222 Å². The van der Waals surface area contributed by atoms with Crippen molar-refractivity contribution < 1.29 is 18.5 Å². The summed E-state index contributed by atoms with van der Waals surface area (Å²) in [5.41, 5.74) is 4.20. The van der Waals surface area contributed by atoms with Crippen LogP contribution in [0.2, 0.25) is 0 Å². The number of likely N-dealkylation sites (N-methyl/N-ethyl adjacent to an activating group) is 1. The van der Waals surface area contributed by atoms with Gasteiger partial charge in [-0.1, -0.05) is 37.1 Å². The van der Waals surface area contributed by atoms with Crippen LogP contribution in [0, 0.1) is 19.7 Å². The predicted octanol–water partition coefficient (Wildman–Crippen LogP) is 3.99. The summed E-state index contributed by atoms with van der Waals surface area (Å²) in [7, 11) is 1.71. The molecule has 4 rings (SSSR count). The second kappa shape index (κ2) is 12.2. The summed E-state index contributed by atoms with van der Waals surface area (Å²) >= 11 is 0. The van der Waals surface area contributed by atoms with Gasteiger partial charge in [0, 0.05) is 37.9 Å². The van der Waals surface area contributed by atoms with Crippen LogP contribution < -0.4 is 10.2 Å². The van der Waals surface area contributed by atoms with Crippen molar-refractivity contribution in [1.82, 2.24) is 25.5 Å². The fraction of sp³-hybridized carbons (Fsp3) is 0.429. The Bertz CT molecular complexity index is 1290. The summed E-state index contributed by atoms with van der Waals surface area (Å²) in [6.07, 6.45) is 3.02. The Morgan fingerprint density at radius 1 is 1.08 bits per heavy atom. The minimum atomic E-state index is -0.289. The number of benzene rings is 2. The maximum atomic E-state index is 13.7. The van der Waals surface area contributed by atoms with Crippen LogP contribution in [0.25, 0.3) is 11.5 Å². The molecule has 0 unspecified atom stereocenters. The predicted molar refractivity (Wildman–Crippen MR) is 142 cm³/mol. The van der Waals surface area contributed by atoms with Crippen molar-refractivity contribution in [3.05, 3.63) is 64.7 Å². The van der Waals surface area contributed by atoms with Crippen LogP contribution in [0.5, 0.6) is 0 Å². The molecule has 2 heterocycles. The van der Waals surface area contributed by atoms with E-state index in [1.807, 2.05) is 30.1 Å². The molecule has 0 aliphatic carbocycles. The molecule has 9 nitrogen and oxygen atoms in total. The number of rotatable bonds is 11. The molecular weight excluding hydrogens is 487 g/mol. The lowest BCUT2D eigenvalue weighted by molar-refractivity contribution is -0.145. The molecule has 2 aromatic carbocycles. The summed E-state index contributed by atoms with van der Waals surface area (Å²) < 4.78 is 19.0. The van der Waals surface area contributed by atoms with Gasteiger partial charge in [0.1, 0.15) is 5.82 Å². The highest BCUT2D eigenvalue weighted by Gasteiger charge is 2.27. The lowest BCUT2D eigenvalue weighted by atomic mass is 10.1. The molecule has 0 spiro atoms. The maximum absolute atomic E-state index is 13.7. The quantitative estimate of drug-likeness (QED) is 0.381. The van der Waals surface area contributed by atoms with Gasteiger partial charge in [-0.25, -0.2) is 9.40 Å². The minimum Gasteiger partial charge on any atom is -0.355 e. The SMILES string of the molecule is CCCCCNC(=O)CN(CC(=O)N(C)N1Cc2ccc(F)cc2C1)c1cc(-c2nc(C)no2)ccc1C. The largest absolute Gasteiger partial charge is 0.355 e. The standard InChI is InChI=1S/C28H35FN6O3/c1-5-6-7-12-30-26(36)17-34(25-14-21(9-8-19(25)2)28-31-20(3)32-38-28)18-27(37)33(4)35-15-22-10-11-24(29)13-23(22)16-35/h8-11,13-14H,5-7,12,15-18H2,1-4H3,(H,30,36). The fourth-order valence-corrected chi connectivity index (χ4v) is 4.54. The minimum absolute atomic E-state index is 0.0182. The number of carbonyl (C=O) groups is 2. The number of nitrogens with zero attached hydrogens (tertiary/aromatic N) is 5. The van der Waals surface area contributed by atoms with Crippen molar-refractivity contribution in [2.24, 2.45) is 0 Å². The third-order valence-electron chi connectivity index (χ3n) is 6.75. The van der Waals surface area contributed by atoms with Crippen LogP contribution in [0.1, 0.15) is 48.7 Å². The zero-order valence-electron chi connectivity index (χ0n) is 22.5. The first kappa shape index (κ1) is 27.3. The van der Waals surface area contributed by atoms with E-state index in [2.05, 4.69) is 22.4 Å². The van der Waals surface area contributed by atoms with E-state index in [4.69, 9.17) is 4.52 Å². The molecule has 1 aliphatic heterocycles. The van der Waals surface area contributed by atoms with Crippen LogP contribution in [0.15, 0.2) is 40.9 Å². The third-order valence-corrected chi connectivity index (χ3v) is 6.75. The first-order chi connectivity index (χ1) is 18.2. The van der Waals surface area contributed by atoms with Crippen LogP contribution in [0.3, 0.4) is 0 Å². The van der Waals surface area contributed by atoms with E-state index in [-0.39, 0.29) is 30.7 Å². The van der Waals surface area contributed by atoms with Crippen LogP contribution in [-0.2, 0) is 22.7 Å². The monoisotopic (exact) mass is 522 g/mol. The second-order valence-electron chi connectivity index (χ2n) is 9.71. The molecule has 38 heavy (non-hydrogen) atoms. The molecule has 10 heteroatoms. The van der Waals surface area contributed by atoms with Gasteiger partial charge in [0.2, 0.25) is 5.91 Å². The summed E-state index contributed by atoms with van der Waals surface area (Å²) in [6, 6.07) is 10.4. The summed E-state index contributed by atoms with van der Waals surface area (Å²) in [6.45, 7) is 7.34. The summed E-state index contributed by atoms with van der Waals surface area (Å²) in [5.74, 6) is 0.268. The molecule has 202 valence electrons. The summed E-state index contributed by atoms with van der Waals surface area (Å²) in [5, 5.41) is 10.3. The van der Waals surface area contributed by atoms with Crippen LogP contribution in [0.4, 0.5) is 10.1 Å². The van der Waals surface area contributed by atoms with E-state index in [1.165, 1.54) is 12.1 Å². The molecule has 3 aromatic rings. The average molecular weight is 523 g/mol. The normalized spacial score (nSPS) is 12.9. The Morgan fingerprint density at radius 3 is 2.61 bits per heavy atom. The molecule has 0 fully saturated rings. The number of aryl methyl sites for hydroxylation is 2. The van der Waals surface area contributed by atoms with Crippen LogP contribution in [-0.4, -0.2) is 58.7 Å². The molecule has 0 atom stereocenters. The number of fused-ring (bicyclic) bond motifs is 1. The Kier molecular flexibility index (Phi) is 8.73. The highest BCUT2D eigenvalue weighted by Crippen LogP contribution is 2.28. The number of hydrazine groups is 1. The van der Waals surface area contributed by atoms with Gasteiger partial charge in [0.25, 0.3) is 11.8 Å². The van der Waals surface area contributed by atoms with Crippen molar-refractivity contribution in [2.45, 2.75) is 53.1 Å². The average Bonchev–Trinajstić information content (AvgIpc) is 3.52. The van der Waals surface area contributed by atoms with E-state index in [1.54, 1.807) is 29.9 Å². The number of halogens is 1. The van der Waals surface area contributed by atoms with E-state index >= 15 is 0 Å². The van der Waals surface area contributed by atoms with Crippen LogP contribution >= 0.6 is 0 Å². The van der Waals surface area contributed by atoms with Gasteiger partial charge in [-0.3, -0.25) is 14.6 Å². The van der Waals surface area contributed by atoms with Gasteiger partial charge < -0.3 is 14.7 Å². The molecule has 0 saturated carbocycles. The summed E-state index contributed by atoms with van der Waals surface area (Å²) in [4.78, 5) is 32.5. The number of carbonyl (C=O) groups excluding carboxylic acids is 2. The van der Waals surface area contributed by atoms with Gasteiger partial charge in [-0.15, -0.1) is 0 Å². The van der Waals surface area contributed by atoms with E-state index in [9.17, 15) is 14.0 Å². The lowest BCUT2D eigenvalue weighted by Gasteiger charge is -2.32. The molecule has 2 amide bonds. The highest BCUT2D eigenvalue weighted by atomic mass is 19.1. The molecular formula is C28H35FN6O3. The number of anilines is 1. The van der Waals surface area contributed by atoms with Gasteiger partial charge in [0.15, 0.2) is 5.82 Å². The van der Waals surface area contributed by atoms with E-state index in [0.29, 0.717) is 36.9 Å². The first-order valence-corrected chi connectivity index (χ1v) is 13.0. The number of amides is 2. The van der Waals surface area contributed by atoms with Crippen molar-refractivity contribution in [3.63, 3.8) is 0 Å². The van der Waals surface area contributed by atoms with Gasteiger partial charge in [-0.2, -0.15) is 4.98 Å². The first-order valence-electron chi connectivity index (χ1n) is 13.0. The number of hydrogen-bond donors (Lipinski definition) is 1. The number of unbranched alkanes of at least 4 members (excludes halogenated alkanes) is 2. The van der Waals surface area contributed by atoms with Gasteiger partial charge in [0.05, 0.1) is 13.1 Å². The van der Waals surface area contributed by atoms with Gasteiger partial charge >= 0.3 is 0 Å². The lowest BCUT2D eigenvalue weighted by Crippen LogP contribution is -2.48. The number of nitrogens with one attached hydrogen (secondary N) is 1. The zero-order valence-corrected chi connectivity index (χ0v) is 22.5. The molecule has 0 bridgehead atoms. The van der Waals surface area contributed by atoms with Crippen molar-refractivity contribution >= 4 is 17.5 Å². The Balaban J connectivity index is 1.53. The smallest absolute Gasteiger partial charge is 0.257 e. The van der Waals surface area contributed by atoms with Crippen molar-refractivity contribution in [3.8, 4) is 11.5 Å². The molecule has 1 aromatic heterocycles. The molecule has 1 N–H and O–H groups in total. The van der Waals surface area contributed by atoms with E-state index in [0.717, 1.165) is 41.6 Å². The van der Waals surface area contributed by atoms with Crippen molar-refractivity contribution in [2.75, 3.05) is 31.6 Å². The number of hydrogen-bond acceptors (Lipinski definition) is 7. The highest BCUT2D eigenvalue weighted by molar-refractivity contribution is 5.87. The number of aromatic nitrogens is 2.